The van der Waals surface area contributed by atoms with Crippen molar-refractivity contribution in [3.8, 4) is 0 Å². The van der Waals surface area contributed by atoms with Crippen LogP contribution in [-0.4, -0.2) is 4.98 Å². The molecule has 0 radical (unpaired) electrons. The fraction of sp³-hybridized carbons (Fsp3) is 0.250. The van der Waals surface area contributed by atoms with Crippen LogP contribution in [0, 0.1) is 6.92 Å². The fourth-order valence-corrected chi connectivity index (χ4v) is 2.33. The van der Waals surface area contributed by atoms with E-state index in [9.17, 15) is 0 Å². The zero-order valence-corrected chi connectivity index (χ0v) is 7.59. The molecule has 0 aliphatic heterocycles. The zero-order chi connectivity index (χ0) is 5.28. The number of hydrogen-bond donors (Lipinski definition) is 0. The van der Waals surface area contributed by atoms with E-state index in [0.29, 0.717) is 0 Å². The number of thiazole rings is 1. The van der Waals surface area contributed by atoms with Crippen molar-refractivity contribution in [2.24, 2.45) is 0 Å². The van der Waals surface area contributed by atoms with Crippen LogP contribution in [0.15, 0.2) is 6.20 Å². The Balaban J connectivity index is 3.04. The molecule has 0 aliphatic carbocycles. The van der Waals surface area contributed by atoms with E-state index >= 15 is 0 Å². The van der Waals surface area contributed by atoms with Gasteiger partial charge in [-0.05, 0) is 0 Å². The molecule has 0 spiro atoms. The zero-order valence-electron chi connectivity index (χ0n) is 3.84. The van der Waals surface area contributed by atoms with Gasteiger partial charge in [0.1, 0.15) is 0 Å². The molecule has 0 saturated carbocycles. The molecule has 0 N–H and O–H groups in total. The monoisotopic (exact) mass is 282 g/mol. The molecule has 1 aromatic rings. The summed E-state index contributed by atoms with van der Waals surface area (Å²) in [5.74, 6) is 0. The van der Waals surface area contributed by atoms with Crippen molar-refractivity contribution >= 4 is 14.6 Å². The maximum absolute atomic E-state index is 4.06. The van der Waals surface area contributed by atoms with Crippen molar-refractivity contribution in [2.75, 3.05) is 0 Å². The van der Waals surface area contributed by atoms with Crippen LogP contribution in [0.3, 0.4) is 0 Å². The van der Waals surface area contributed by atoms with Gasteiger partial charge in [0.05, 0.1) is 0 Å². The van der Waals surface area contributed by atoms with Crippen LogP contribution in [-0.2, 0) is 19.8 Å². The minimum absolute atomic E-state index is 1.17. The van der Waals surface area contributed by atoms with Crippen LogP contribution in [0.25, 0.3) is 0 Å². The van der Waals surface area contributed by atoms with Gasteiger partial charge in [-0.25, -0.2) is 0 Å². The first kappa shape index (κ1) is 5.45. The van der Waals surface area contributed by atoms with Gasteiger partial charge in [0.15, 0.2) is 0 Å². The van der Waals surface area contributed by atoms with Crippen molar-refractivity contribution < 1.29 is 19.8 Å². The van der Waals surface area contributed by atoms with Gasteiger partial charge in [0, 0.05) is 0 Å². The summed E-state index contributed by atoms with van der Waals surface area (Å²) in [6.07, 6.45) is 1.93. The van der Waals surface area contributed by atoms with E-state index in [1.54, 1.807) is 11.3 Å². The maximum atomic E-state index is 4.06. The van der Waals surface area contributed by atoms with Crippen LogP contribution >= 0.6 is 11.3 Å². The normalized spacial score (nSPS) is 9.29. The predicted molar refractivity (Wildman–Crippen MR) is 26.5 cm³/mol. The summed E-state index contributed by atoms with van der Waals surface area (Å²) < 4.78 is 1.37. The van der Waals surface area contributed by atoms with Crippen LogP contribution in [0.2, 0.25) is 0 Å². The van der Waals surface area contributed by atoms with Gasteiger partial charge >= 0.3 is 57.5 Å². The molecule has 0 aromatic carbocycles. The summed E-state index contributed by atoms with van der Waals surface area (Å²) in [6, 6.07) is 0. The average Bonchev–Trinajstić information content (AvgIpc) is 1.87. The Morgan fingerprint density at radius 3 is 2.71 bits per heavy atom. The predicted octanol–water partition coefficient (Wildman–Crippen LogP) is 0.624. The van der Waals surface area contributed by atoms with Crippen molar-refractivity contribution in [1.82, 2.24) is 4.98 Å². The molecule has 0 amide bonds. The molecule has 1 aromatic heterocycles. The van der Waals surface area contributed by atoms with E-state index in [0.717, 1.165) is 0 Å². The summed E-state index contributed by atoms with van der Waals surface area (Å²) >= 11 is 3.28. The van der Waals surface area contributed by atoms with E-state index in [-0.39, 0.29) is 0 Å². The minimum atomic E-state index is 1.17. The third-order valence-electron chi connectivity index (χ3n) is 0.600. The molecule has 1 nitrogen and oxygen atoms in total. The number of rotatable bonds is 0. The van der Waals surface area contributed by atoms with E-state index in [1.165, 1.54) is 28.1 Å². The van der Waals surface area contributed by atoms with Gasteiger partial charge in [-0.15, -0.1) is 0 Å². The standard InChI is InChI=1S/C4H4NS.W/c1-4-5-2-3-6-4;/h2H,1H3;. The van der Waals surface area contributed by atoms with Gasteiger partial charge in [0.2, 0.25) is 0 Å². The van der Waals surface area contributed by atoms with Crippen LogP contribution < -0.4 is 3.27 Å². The van der Waals surface area contributed by atoms with Crippen molar-refractivity contribution in [2.45, 2.75) is 6.92 Å². The summed E-state index contributed by atoms with van der Waals surface area (Å²) in [6.45, 7) is 2.02. The fourth-order valence-electron chi connectivity index (χ4n) is 0.342. The van der Waals surface area contributed by atoms with Gasteiger partial charge in [0.25, 0.3) is 0 Å². The Kier molecular flexibility index (Phi) is 1.60. The third kappa shape index (κ3) is 1.36. The van der Waals surface area contributed by atoms with Crippen molar-refractivity contribution in [3.05, 3.63) is 11.2 Å². The second-order valence-corrected chi connectivity index (χ2v) is 5.04. The molecule has 0 atom stereocenters. The number of aromatic nitrogens is 1. The van der Waals surface area contributed by atoms with Gasteiger partial charge in [-0.3, -0.25) is 0 Å². The molecule has 0 unspecified atom stereocenters. The first-order valence-corrected chi connectivity index (χ1v) is 4.17. The first-order valence-electron chi connectivity index (χ1n) is 1.88. The van der Waals surface area contributed by atoms with E-state index < -0.39 is 0 Å². The molecule has 1 heterocycles. The number of nitrogens with zero attached hydrogens (tertiary/aromatic N) is 1. The molecular weight excluding hydrogens is 278 g/mol. The first-order chi connectivity index (χ1) is 3.29. The van der Waals surface area contributed by atoms with E-state index in [1.807, 2.05) is 13.1 Å². The van der Waals surface area contributed by atoms with Crippen LogP contribution in [0.1, 0.15) is 5.01 Å². The summed E-state index contributed by atoms with van der Waals surface area (Å²) in [4.78, 5) is 4.06. The Labute approximate surface area is 57.7 Å². The van der Waals surface area contributed by atoms with Crippen LogP contribution in [0.5, 0.6) is 0 Å². The topological polar surface area (TPSA) is 12.9 Å². The van der Waals surface area contributed by atoms with Gasteiger partial charge in [-0.2, -0.15) is 0 Å². The van der Waals surface area contributed by atoms with Gasteiger partial charge < -0.3 is 0 Å². The molecule has 3 heteroatoms. The average molecular weight is 282 g/mol. The van der Waals surface area contributed by atoms with E-state index in [2.05, 4.69) is 4.98 Å². The molecule has 7 heavy (non-hydrogen) atoms. The van der Waals surface area contributed by atoms with E-state index in [4.69, 9.17) is 0 Å². The molecule has 1 rings (SSSR count). The van der Waals surface area contributed by atoms with Crippen molar-refractivity contribution in [3.63, 3.8) is 0 Å². The second-order valence-electron chi connectivity index (χ2n) is 1.20. The van der Waals surface area contributed by atoms with Gasteiger partial charge in [-0.1, -0.05) is 0 Å². The Morgan fingerprint density at radius 1 is 1.86 bits per heavy atom. The van der Waals surface area contributed by atoms with Crippen LogP contribution in [0.4, 0.5) is 0 Å². The molecule has 0 bridgehead atoms. The Hall–Kier alpha value is 0.318. The SMILES string of the molecule is Cc1nc[c]([W])s1. The third-order valence-corrected chi connectivity index (χ3v) is 2.58. The quantitative estimate of drug-likeness (QED) is 0.680. The molecule has 0 fully saturated rings. The Morgan fingerprint density at radius 2 is 2.57 bits per heavy atom. The molecular formula is C4H4NSW. The molecule has 0 saturated heterocycles. The van der Waals surface area contributed by atoms with Crippen molar-refractivity contribution in [1.29, 1.82) is 0 Å². The second kappa shape index (κ2) is 2.06. The summed E-state index contributed by atoms with van der Waals surface area (Å²) in [5.41, 5.74) is 0. The number of hydrogen-bond acceptors (Lipinski definition) is 2. The number of aryl methyl sites for hydroxylation is 1. The summed E-state index contributed by atoms with van der Waals surface area (Å²) in [5, 5.41) is 1.17. The summed E-state index contributed by atoms with van der Waals surface area (Å²) in [7, 11) is 0. The Bertz CT molecular complexity index is 144. The molecule has 37 valence electrons. The molecule has 0 aliphatic rings.